The molecule has 0 unspecified atom stereocenters. The number of nitrogens with one attached hydrogen (secondary N) is 3. The molecule has 23 heavy (non-hydrogen) atoms. The Morgan fingerprint density at radius 3 is 2.17 bits per heavy atom. The number of rotatable bonds is 5. The van der Waals surface area contributed by atoms with Crippen molar-refractivity contribution in [3.63, 3.8) is 0 Å². The number of hydrogen-bond donors (Lipinski definition) is 3. The highest BCUT2D eigenvalue weighted by Gasteiger charge is 2.21. The van der Waals surface area contributed by atoms with Crippen LogP contribution >= 0.6 is 0 Å². The molecule has 0 bridgehead atoms. The van der Waals surface area contributed by atoms with E-state index in [0.717, 1.165) is 16.8 Å². The largest absolute Gasteiger partial charge is 0.347 e. The number of amides is 3. The molecule has 3 amide bonds. The molecule has 0 aromatic heterocycles. The van der Waals surface area contributed by atoms with Crippen molar-refractivity contribution in [1.82, 2.24) is 10.6 Å². The third-order valence-corrected chi connectivity index (χ3v) is 3.42. The summed E-state index contributed by atoms with van der Waals surface area (Å²) >= 11 is 0. The Balaban J connectivity index is 2.40. The van der Waals surface area contributed by atoms with E-state index in [1.165, 1.54) is 0 Å². The van der Waals surface area contributed by atoms with Crippen LogP contribution in [0.1, 0.15) is 31.9 Å². The molecule has 0 spiro atoms. The van der Waals surface area contributed by atoms with Gasteiger partial charge in [0.15, 0.2) is 0 Å². The lowest BCUT2D eigenvalue weighted by Gasteiger charge is -2.17. The van der Waals surface area contributed by atoms with E-state index >= 15 is 0 Å². The number of aryl methyl sites for hydroxylation is 1. The van der Waals surface area contributed by atoms with Gasteiger partial charge >= 0.3 is 0 Å². The van der Waals surface area contributed by atoms with Gasteiger partial charge in [0.2, 0.25) is 17.7 Å². The SMILES string of the molecule is Cc1cccc(NC(=O)CNC(=O)CNC(=O)C(C)(C)C)c1C. The standard InChI is InChI=1S/C17H25N3O3/c1-11-7-6-8-13(12(11)2)20-15(22)10-18-14(21)9-19-16(23)17(3,4)5/h6-8H,9-10H2,1-5H3,(H,18,21)(H,19,23)(H,20,22). The molecule has 0 aliphatic carbocycles. The lowest BCUT2D eigenvalue weighted by molar-refractivity contribution is -0.131. The Morgan fingerprint density at radius 2 is 1.57 bits per heavy atom. The molecule has 0 fully saturated rings. The molecule has 0 aliphatic heterocycles. The zero-order valence-electron chi connectivity index (χ0n) is 14.4. The Kier molecular flexibility index (Phi) is 6.30. The zero-order chi connectivity index (χ0) is 17.6. The molecule has 3 N–H and O–H groups in total. The first-order valence-corrected chi connectivity index (χ1v) is 7.52. The van der Waals surface area contributed by atoms with E-state index in [9.17, 15) is 14.4 Å². The average Bonchev–Trinajstić information content (AvgIpc) is 2.46. The molecule has 0 radical (unpaired) electrons. The molecular formula is C17H25N3O3. The minimum atomic E-state index is -0.555. The molecule has 0 heterocycles. The predicted molar refractivity (Wildman–Crippen MR) is 90.0 cm³/mol. The fourth-order valence-corrected chi connectivity index (χ4v) is 1.75. The second-order valence-corrected chi connectivity index (χ2v) is 6.51. The summed E-state index contributed by atoms with van der Waals surface area (Å²) in [6.45, 7) is 8.88. The summed E-state index contributed by atoms with van der Waals surface area (Å²) < 4.78 is 0. The number of anilines is 1. The van der Waals surface area contributed by atoms with Crippen molar-refractivity contribution in [3.8, 4) is 0 Å². The molecule has 1 rings (SSSR count). The van der Waals surface area contributed by atoms with Gasteiger partial charge in [0.25, 0.3) is 0 Å². The Morgan fingerprint density at radius 1 is 0.957 bits per heavy atom. The van der Waals surface area contributed by atoms with Crippen LogP contribution in [0.5, 0.6) is 0 Å². The molecule has 1 aromatic carbocycles. The second-order valence-electron chi connectivity index (χ2n) is 6.51. The van der Waals surface area contributed by atoms with Crippen LogP contribution in [-0.4, -0.2) is 30.8 Å². The monoisotopic (exact) mass is 319 g/mol. The average molecular weight is 319 g/mol. The summed E-state index contributed by atoms with van der Waals surface area (Å²) in [5, 5.41) is 7.76. The van der Waals surface area contributed by atoms with Gasteiger partial charge in [-0.25, -0.2) is 0 Å². The molecule has 126 valence electrons. The molecule has 6 nitrogen and oxygen atoms in total. The minimum absolute atomic E-state index is 0.141. The van der Waals surface area contributed by atoms with Crippen molar-refractivity contribution in [2.45, 2.75) is 34.6 Å². The first-order chi connectivity index (χ1) is 10.6. The molecule has 0 saturated heterocycles. The highest BCUT2D eigenvalue weighted by atomic mass is 16.2. The summed E-state index contributed by atoms with van der Waals surface area (Å²) in [6, 6.07) is 5.63. The van der Waals surface area contributed by atoms with Crippen LogP contribution in [0.2, 0.25) is 0 Å². The van der Waals surface area contributed by atoms with Gasteiger partial charge in [-0.15, -0.1) is 0 Å². The van der Waals surface area contributed by atoms with Crippen LogP contribution in [0.3, 0.4) is 0 Å². The molecule has 1 aromatic rings. The summed E-state index contributed by atoms with van der Waals surface area (Å²) in [6.07, 6.45) is 0. The lowest BCUT2D eigenvalue weighted by atomic mass is 9.96. The van der Waals surface area contributed by atoms with Crippen LogP contribution in [0, 0.1) is 19.3 Å². The smallest absolute Gasteiger partial charge is 0.243 e. The normalized spacial score (nSPS) is 10.8. The third kappa shape index (κ3) is 6.10. The van der Waals surface area contributed by atoms with Gasteiger partial charge < -0.3 is 16.0 Å². The maximum absolute atomic E-state index is 11.9. The quantitative estimate of drug-likeness (QED) is 0.769. The van der Waals surface area contributed by atoms with Gasteiger partial charge in [0, 0.05) is 11.1 Å². The van der Waals surface area contributed by atoms with Crippen molar-refractivity contribution in [2.24, 2.45) is 5.41 Å². The predicted octanol–water partition coefficient (Wildman–Crippen LogP) is 1.52. The van der Waals surface area contributed by atoms with Crippen molar-refractivity contribution in [3.05, 3.63) is 29.3 Å². The Labute approximate surface area is 137 Å². The van der Waals surface area contributed by atoms with E-state index in [1.807, 2.05) is 32.0 Å². The van der Waals surface area contributed by atoms with Crippen LogP contribution in [0.25, 0.3) is 0 Å². The van der Waals surface area contributed by atoms with Crippen molar-refractivity contribution in [2.75, 3.05) is 18.4 Å². The number of hydrogen-bond acceptors (Lipinski definition) is 3. The Bertz CT molecular complexity index is 604. The highest BCUT2D eigenvalue weighted by molar-refractivity contribution is 5.96. The number of carbonyl (C=O) groups excluding carboxylic acids is 3. The highest BCUT2D eigenvalue weighted by Crippen LogP contribution is 2.17. The fourth-order valence-electron chi connectivity index (χ4n) is 1.75. The van der Waals surface area contributed by atoms with Crippen molar-refractivity contribution in [1.29, 1.82) is 0 Å². The van der Waals surface area contributed by atoms with E-state index in [4.69, 9.17) is 0 Å². The van der Waals surface area contributed by atoms with Gasteiger partial charge in [-0.2, -0.15) is 0 Å². The number of benzene rings is 1. The van der Waals surface area contributed by atoms with E-state index in [-0.39, 0.29) is 24.9 Å². The first kappa shape index (κ1) is 18.7. The van der Waals surface area contributed by atoms with Gasteiger partial charge in [0.1, 0.15) is 0 Å². The second kappa shape index (κ2) is 7.76. The van der Waals surface area contributed by atoms with Gasteiger partial charge in [-0.3, -0.25) is 14.4 Å². The molecule has 0 aliphatic rings. The van der Waals surface area contributed by atoms with Gasteiger partial charge in [-0.1, -0.05) is 32.9 Å². The van der Waals surface area contributed by atoms with Crippen molar-refractivity contribution < 1.29 is 14.4 Å². The minimum Gasteiger partial charge on any atom is -0.347 e. The molecule has 0 atom stereocenters. The summed E-state index contributed by atoms with van der Waals surface area (Å²) in [5.41, 5.74) is 2.24. The third-order valence-electron chi connectivity index (χ3n) is 3.42. The zero-order valence-corrected chi connectivity index (χ0v) is 14.4. The maximum atomic E-state index is 11.9. The molecule has 6 heteroatoms. The number of carbonyl (C=O) groups is 3. The van der Waals surface area contributed by atoms with E-state index < -0.39 is 11.3 Å². The topological polar surface area (TPSA) is 87.3 Å². The van der Waals surface area contributed by atoms with Crippen LogP contribution in [0.4, 0.5) is 5.69 Å². The lowest BCUT2D eigenvalue weighted by Crippen LogP contribution is -2.43. The fraction of sp³-hybridized carbons (Fsp3) is 0.471. The summed E-state index contributed by atoms with van der Waals surface area (Å²) in [4.78, 5) is 35.2. The van der Waals surface area contributed by atoms with Crippen LogP contribution in [-0.2, 0) is 14.4 Å². The summed E-state index contributed by atoms with van der Waals surface area (Å²) in [5.74, 6) is -0.930. The molecule has 0 saturated carbocycles. The van der Waals surface area contributed by atoms with Crippen LogP contribution in [0.15, 0.2) is 18.2 Å². The van der Waals surface area contributed by atoms with E-state index in [0.29, 0.717) is 0 Å². The molecular weight excluding hydrogens is 294 g/mol. The maximum Gasteiger partial charge on any atom is 0.243 e. The van der Waals surface area contributed by atoms with E-state index in [2.05, 4.69) is 16.0 Å². The van der Waals surface area contributed by atoms with Crippen LogP contribution < -0.4 is 16.0 Å². The van der Waals surface area contributed by atoms with Gasteiger partial charge in [0.05, 0.1) is 13.1 Å². The summed E-state index contributed by atoms with van der Waals surface area (Å²) in [7, 11) is 0. The van der Waals surface area contributed by atoms with E-state index in [1.54, 1.807) is 20.8 Å². The first-order valence-electron chi connectivity index (χ1n) is 7.52. The van der Waals surface area contributed by atoms with Gasteiger partial charge in [-0.05, 0) is 31.0 Å². The Hall–Kier alpha value is -2.37. The van der Waals surface area contributed by atoms with Crippen molar-refractivity contribution >= 4 is 23.4 Å².